The highest BCUT2D eigenvalue weighted by molar-refractivity contribution is 5.69. The predicted octanol–water partition coefficient (Wildman–Crippen LogP) is 3.63. The summed E-state index contributed by atoms with van der Waals surface area (Å²) in [5, 5.41) is 12.6. The zero-order chi connectivity index (χ0) is 15.0. The number of anilines is 1. The van der Waals surface area contributed by atoms with Crippen molar-refractivity contribution in [3.8, 4) is 6.07 Å². The molecule has 2 aliphatic rings. The second-order valence-electron chi connectivity index (χ2n) is 6.35. The number of hydrogen-bond acceptors (Lipinski definition) is 3. The fraction of sp³-hybridized carbons (Fsp3) is 0.500. The van der Waals surface area contributed by atoms with Gasteiger partial charge in [-0.3, -0.25) is 0 Å². The van der Waals surface area contributed by atoms with Crippen LogP contribution in [0.2, 0.25) is 0 Å². The zero-order valence-electron chi connectivity index (χ0n) is 12.9. The Morgan fingerprint density at radius 1 is 1.43 bits per heavy atom. The minimum Gasteiger partial charge on any atom is -0.358 e. The summed E-state index contributed by atoms with van der Waals surface area (Å²) in [5.41, 5.74) is 4.28. The van der Waals surface area contributed by atoms with Crippen LogP contribution in [0.15, 0.2) is 30.5 Å². The quantitative estimate of drug-likeness (QED) is 0.899. The molecule has 3 heteroatoms. The lowest BCUT2D eigenvalue weighted by atomic mass is 9.72. The van der Waals surface area contributed by atoms with Crippen LogP contribution in [0, 0.1) is 11.3 Å². The third-order valence-corrected chi connectivity index (χ3v) is 5.39. The van der Waals surface area contributed by atoms with Crippen molar-refractivity contribution in [2.24, 2.45) is 0 Å². The first-order valence-corrected chi connectivity index (χ1v) is 7.86. The molecular weight excluding hydrogens is 258 g/mol. The van der Waals surface area contributed by atoms with Crippen LogP contribution in [-0.4, -0.2) is 24.0 Å². The van der Waals surface area contributed by atoms with Gasteiger partial charge in [-0.2, -0.15) is 5.26 Å². The molecule has 1 fully saturated rings. The molecular formula is C18H23N3. The topological polar surface area (TPSA) is 39.1 Å². The van der Waals surface area contributed by atoms with E-state index in [-0.39, 0.29) is 5.41 Å². The molecule has 1 saturated heterocycles. The van der Waals surface area contributed by atoms with Gasteiger partial charge in [0.1, 0.15) is 0 Å². The Balaban J connectivity index is 1.91. The molecule has 110 valence electrons. The molecule has 21 heavy (non-hydrogen) atoms. The van der Waals surface area contributed by atoms with Gasteiger partial charge in [0.2, 0.25) is 0 Å². The van der Waals surface area contributed by atoms with Crippen molar-refractivity contribution in [2.45, 2.75) is 44.6 Å². The van der Waals surface area contributed by atoms with Crippen LogP contribution >= 0.6 is 0 Å². The van der Waals surface area contributed by atoms with E-state index >= 15 is 0 Å². The minimum absolute atomic E-state index is 0.0200. The van der Waals surface area contributed by atoms with E-state index in [0.717, 1.165) is 42.9 Å². The maximum atomic E-state index is 9.17. The van der Waals surface area contributed by atoms with Crippen molar-refractivity contribution >= 4 is 5.69 Å². The molecule has 3 nitrogen and oxygen atoms in total. The predicted molar refractivity (Wildman–Crippen MR) is 86.2 cm³/mol. The summed E-state index contributed by atoms with van der Waals surface area (Å²) < 4.78 is 0. The van der Waals surface area contributed by atoms with Crippen molar-refractivity contribution in [2.75, 3.05) is 18.4 Å². The molecule has 0 bridgehead atoms. The molecule has 1 atom stereocenters. The van der Waals surface area contributed by atoms with Crippen LogP contribution in [-0.2, 0) is 5.41 Å². The summed E-state index contributed by atoms with van der Waals surface area (Å²) >= 11 is 0. The van der Waals surface area contributed by atoms with Crippen molar-refractivity contribution in [3.63, 3.8) is 0 Å². The smallest absolute Gasteiger partial charge is 0.0991 e. The molecule has 0 aromatic heterocycles. The standard InChI is InChI=1S/C18H23N3/c1-4-13(2)21-9-7-18(8-10-21)14(3)20-17-6-5-15(12-19)11-16(17)18/h5-6,11,13,20H,3-4,7-10H2,1-2H3/t13-/m0/s1. The van der Waals surface area contributed by atoms with E-state index in [1.54, 1.807) is 0 Å². The molecule has 1 spiro atoms. The molecule has 1 aromatic carbocycles. The molecule has 2 heterocycles. The van der Waals surface area contributed by atoms with E-state index in [1.807, 2.05) is 12.1 Å². The molecule has 2 aliphatic heterocycles. The summed E-state index contributed by atoms with van der Waals surface area (Å²) in [5.74, 6) is 0. The van der Waals surface area contributed by atoms with Crippen LogP contribution in [0.5, 0.6) is 0 Å². The average molecular weight is 281 g/mol. The highest BCUT2D eigenvalue weighted by Gasteiger charge is 2.44. The second kappa shape index (κ2) is 5.20. The summed E-state index contributed by atoms with van der Waals surface area (Å²) in [6, 6.07) is 8.87. The van der Waals surface area contributed by atoms with Crippen molar-refractivity contribution in [1.82, 2.24) is 4.90 Å². The van der Waals surface area contributed by atoms with Gasteiger partial charge in [0.05, 0.1) is 11.6 Å². The van der Waals surface area contributed by atoms with E-state index in [1.165, 1.54) is 12.0 Å². The molecule has 1 N–H and O–H groups in total. The van der Waals surface area contributed by atoms with Gasteiger partial charge in [0.15, 0.2) is 0 Å². The van der Waals surface area contributed by atoms with E-state index in [9.17, 15) is 0 Å². The molecule has 3 rings (SSSR count). The zero-order valence-corrected chi connectivity index (χ0v) is 12.9. The van der Waals surface area contributed by atoms with Gasteiger partial charge in [-0.05, 0) is 63.0 Å². The Hall–Kier alpha value is -1.79. The Labute approximate surface area is 127 Å². The number of nitriles is 1. The first-order valence-electron chi connectivity index (χ1n) is 7.86. The lowest BCUT2D eigenvalue weighted by Gasteiger charge is -2.42. The van der Waals surface area contributed by atoms with Gasteiger partial charge < -0.3 is 10.2 Å². The Morgan fingerprint density at radius 3 is 2.76 bits per heavy atom. The molecule has 0 unspecified atom stereocenters. The number of piperidine rings is 1. The highest BCUT2D eigenvalue weighted by atomic mass is 15.2. The number of benzene rings is 1. The van der Waals surface area contributed by atoms with Gasteiger partial charge in [-0.15, -0.1) is 0 Å². The Bertz CT molecular complexity index is 603. The lowest BCUT2D eigenvalue weighted by Crippen LogP contribution is -2.46. The van der Waals surface area contributed by atoms with Gasteiger partial charge in [0, 0.05) is 22.8 Å². The number of nitrogens with zero attached hydrogens (tertiary/aromatic N) is 2. The number of fused-ring (bicyclic) bond motifs is 2. The Kier molecular flexibility index (Phi) is 3.51. The van der Waals surface area contributed by atoms with Gasteiger partial charge in [0.25, 0.3) is 0 Å². The summed E-state index contributed by atoms with van der Waals surface area (Å²) in [6.07, 6.45) is 3.37. The number of likely N-dealkylation sites (tertiary alicyclic amines) is 1. The van der Waals surface area contributed by atoms with Crippen LogP contribution in [0.4, 0.5) is 5.69 Å². The fourth-order valence-electron chi connectivity index (χ4n) is 3.74. The third-order valence-electron chi connectivity index (χ3n) is 5.39. The van der Waals surface area contributed by atoms with Crippen LogP contribution < -0.4 is 5.32 Å². The first kappa shape index (κ1) is 14.2. The molecule has 0 saturated carbocycles. The van der Waals surface area contributed by atoms with Crippen LogP contribution in [0.25, 0.3) is 0 Å². The lowest BCUT2D eigenvalue weighted by molar-refractivity contribution is 0.135. The van der Waals surface area contributed by atoms with Crippen LogP contribution in [0.3, 0.4) is 0 Å². The summed E-state index contributed by atoms with van der Waals surface area (Å²) in [6.45, 7) is 11.0. The van der Waals surface area contributed by atoms with Crippen molar-refractivity contribution in [3.05, 3.63) is 41.6 Å². The van der Waals surface area contributed by atoms with Gasteiger partial charge in [-0.1, -0.05) is 13.5 Å². The van der Waals surface area contributed by atoms with Gasteiger partial charge >= 0.3 is 0 Å². The van der Waals surface area contributed by atoms with E-state index in [4.69, 9.17) is 5.26 Å². The molecule has 0 amide bonds. The summed E-state index contributed by atoms with van der Waals surface area (Å²) in [4.78, 5) is 2.57. The second-order valence-corrected chi connectivity index (χ2v) is 6.35. The fourth-order valence-corrected chi connectivity index (χ4v) is 3.74. The number of rotatable bonds is 2. The summed E-state index contributed by atoms with van der Waals surface area (Å²) in [7, 11) is 0. The molecule has 1 aromatic rings. The van der Waals surface area contributed by atoms with E-state index < -0.39 is 0 Å². The molecule has 0 radical (unpaired) electrons. The van der Waals surface area contributed by atoms with E-state index in [0.29, 0.717) is 6.04 Å². The van der Waals surface area contributed by atoms with Gasteiger partial charge in [-0.25, -0.2) is 0 Å². The normalized spacial score (nSPS) is 21.7. The average Bonchev–Trinajstić information content (AvgIpc) is 2.79. The minimum atomic E-state index is 0.0200. The Morgan fingerprint density at radius 2 is 2.14 bits per heavy atom. The van der Waals surface area contributed by atoms with Crippen molar-refractivity contribution < 1.29 is 0 Å². The number of hydrogen-bond donors (Lipinski definition) is 1. The maximum Gasteiger partial charge on any atom is 0.0991 e. The largest absolute Gasteiger partial charge is 0.358 e. The van der Waals surface area contributed by atoms with Crippen molar-refractivity contribution in [1.29, 1.82) is 5.26 Å². The molecule has 0 aliphatic carbocycles. The number of nitrogens with one attached hydrogen (secondary N) is 1. The maximum absolute atomic E-state index is 9.17. The first-order chi connectivity index (χ1) is 10.1. The number of allylic oxidation sites excluding steroid dienone is 1. The SMILES string of the molecule is C=C1Nc2ccc(C#N)cc2C12CCN([C@@H](C)CC)CC2. The highest BCUT2D eigenvalue weighted by Crippen LogP contribution is 2.49. The third kappa shape index (κ3) is 2.15. The van der Waals surface area contributed by atoms with Crippen LogP contribution in [0.1, 0.15) is 44.2 Å². The monoisotopic (exact) mass is 281 g/mol. The van der Waals surface area contributed by atoms with E-state index in [2.05, 4.69) is 42.8 Å².